The molecule has 0 aliphatic rings. The van der Waals surface area contributed by atoms with Crippen LogP contribution >= 0.6 is 15.9 Å². The quantitative estimate of drug-likeness (QED) is 0.750. The molecule has 0 aliphatic carbocycles. The zero-order valence-corrected chi connectivity index (χ0v) is 10.7. The Morgan fingerprint density at radius 2 is 2.25 bits per heavy atom. The van der Waals surface area contributed by atoms with E-state index in [0.29, 0.717) is 10.0 Å². The molecule has 0 fully saturated rings. The molecule has 0 aliphatic heterocycles. The summed E-state index contributed by atoms with van der Waals surface area (Å²) in [5, 5.41) is 5.09. The number of carbonyl (C=O) groups excluding carboxylic acids is 1. The molecule has 2 heterocycles. The molecule has 0 amide bonds. The van der Waals surface area contributed by atoms with Crippen molar-refractivity contribution in [1.29, 1.82) is 0 Å². The highest BCUT2D eigenvalue weighted by molar-refractivity contribution is 9.10. The lowest BCUT2D eigenvalue weighted by molar-refractivity contribution is 0.0599. The maximum absolute atomic E-state index is 11.5. The van der Waals surface area contributed by atoms with Crippen molar-refractivity contribution < 1.29 is 9.53 Å². The number of aryl methyl sites for hydroxylation is 2. The van der Waals surface area contributed by atoms with Gasteiger partial charge in [-0.05, 0) is 22.9 Å². The molecule has 2 aromatic rings. The average molecular weight is 284 g/mol. The van der Waals surface area contributed by atoms with Crippen LogP contribution in [0.3, 0.4) is 0 Å². The minimum atomic E-state index is -0.412. The van der Waals surface area contributed by atoms with Gasteiger partial charge in [0.05, 0.1) is 23.8 Å². The Morgan fingerprint density at radius 3 is 2.88 bits per heavy atom. The predicted octanol–water partition coefficient (Wildman–Crippen LogP) is 1.83. The molecule has 0 saturated carbocycles. The van der Waals surface area contributed by atoms with Gasteiger partial charge in [0.15, 0.2) is 5.65 Å². The van der Waals surface area contributed by atoms with Crippen LogP contribution in [0, 0.1) is 6.92 Å². The first-order valence-electron chi connectivity index (χ1n) is 4.62. The van der Waals surface area contributed by atoms with Crippen molar-refractivity contribution in [2.75, 3.05) is 7.11 Å². The average Bonchev–Trinajstić information content (AvgIpc) is 2.54. The van der Waals surface area contributed by atoms with Crippen molar-refractivity contribution >= 4 is 32.9 Å². The first-order chi connectivity index (χ1) is 7.56. The molecule has 0 spiro atoms. The van der Waals surface area contributed by atoms with Crippen molar-refractivity contribution in [2.24, 2.45) is 7.05 Å². The molecule has 0 unspecified atom stereocenters. The van der Waals surface area contributed by atoms with Crippen LogP contribution in [0.15, 0.2) is 10.7 Å². The third-order valence-corrected chi connectivity index (χ3v) is 3.19. The highest BCUT2D eigenvalue weighted by atomic mass is 79.9. The highest BCUT2D eigenvalue weighted by Gasteiger charge is 2.17. The third-order valence-electron chi connectivity index (χ3n) is 2.37. The zero-order valence-electron chi connectivity index (χ0n) is 9.11. The molecule has 2 rings (SSSR count). The van der Waals surface area contributed by atoms with E-state index < -0.39 is 5.97 Å². The minimum Gasteiger partial charge on any atom is -0.465 e. The molecule has 6 heteroatoms. The van der Waals surface area contributed by atoms with E-state index in [-0.39, 0.29) is 0 Å². The van der Waals surface area contributed by atoms with Crippen LogP contribution in [-0.4, -0.2) is 27.8 Å². The maximum Gasteiger partial charge on any atom is 0.340 e. The smallest absolute Gasteiger partial charge is 0.340 e. The Kier molecular flexibility index (Phi) is 2.67. The Hall–Kier alpha value is -1.43. The first-order valence-corrected chi connectivity index (χ1v) is 5.41. The number of aromatic nitrogens is 3. The number of nitrogens with zero attached hydrogens (tertiary/aromatic N) is 3. The number of esters is 1. The second-order valence-electron chi connectivity index (χ2n) is 3.39. The second-order valence-corrected chi connectivity index (χ2v) is 4.18. The number of fused-ring (bicyclic) bond motifs is 1. The summed E-state index contributed by atoms with van der Waals surface area (Å²) in [6.07, 6.45) is 1.49. The fraction of sp³-hybridized carbons (Fsp3) is 0.300. The summed E-state index contributed by atoms with van der Waals surface area (Å²) in [5.74, 6) is -0.412. The summed E-state index contributed by atoms with van der Waals surface area (Å²) in [5.41, 5.74) is 1.96. The predicted molar refractivity (Wildman–Crippen MR) is 62.3 cm³/mol. The molecule has 16 heavy (non-hydrogen) atoms. The van der Waals surface area contributed by atoms with Gasteiger partial charge in [-0.2, -0.15) is 5.10 Å². The van der Waals surface area contributed by atoms with E-state index in [1.54, 1.807) is 4.68 Å². The van der Waals surface area contributed by atoms with Gasteiger partial charge in [-0.15, -0.1) is 0 Å². The van der Waals surface area contributed by atoms with Crippen LogP contribution in [0.2, 0.25) is 0 Å². The van der Waals surface area contributed by atoms with Gasteiger partial charge in [0.1, 0.15) is 0 Å². The zero-order chi connectivity index (χ0) is 11.9. The lowest BCUT2D eigenvalue weighted by Crippen LogP contribution is -2.03. The normalized spacial score (nSPS) is 10.8. The molecule has 5 nitrogen and oxygen atoms in total. The van der Waals surface area contributed by atoms with E-state index in [1.807, 2.05) is 14.0 Å². The molecule has 0 atom stereocenters. The molecule has 84 valence electrons. The largest absolute Gasteiger partial charge is 0.465 e. The van der Waals surface area contributed by atoms with Crippen molar-refractivity contribution in [3.63, 3.8) is 0 Å². The number of pyridine rings is 1. The summed E-state index contributed by atoms with van der Waals surface area (Å²) in [7, 11) is 3.15. The SMILES string of the molecule is COC(=O)c1cnc2c(c(C)nn2C)c1Br. The Balaban J connectivity index is 2.79. The molecule has 0 bridgehead atoms. The van der Waals surface area contributed by atoms with Crippen LogP contribution in [0.5, 0.6) is 0 Å². The number of hydrogen-bond donors (Lipinski definition) is 0. The van der Waals surface area contributed by atoms with E-state index in [2.05, 4.69) is 30.7 Å². The summed E-state index contributed by atoms with van der Waals surface area (Å²) in [6.45, 7) is 1.87. The van der Waals surface area contributed by atoms with Crippen molar-refractivity contribution in [3.05, 3.63) is 21.9 Å². The van der Waals surface area contributed by atoms with Crippen LogP contribution in [0.4, 0.5) is 0 Å². The number of hydrogen-bond acceptors (Lipinski definition) is 4. The summed E-state index contributed by atoms with van der Waals surface area (Å²) >= 11 is 3.39. The number of carbonyl (C=O) groups is 1. The lowest BCUT2D eigenvalue weighted by atomic mass is 10.2. The van der Waals surface area contributed by atoms with Crippen molar-refractivity contribution in [2.45, 2.75) is 6.92 Å². The van der Waals surface area contributed by atoms with E-state index >= 15 is 0 Å². The van der Waals surface area contributed by atoms with Crippen LogP contribution in [0.25, 0.3) is 11.0 Å². The highest BCUT2D eigenvalue weighted by Crippen LogP contribution is 2.28. The fourth-order valence-electron chi connectivity index (χ4n) is 1.62. The summed E-state index contributed by atoms with van der Waals surface area (Å²) in [6, 6.07) is 0. The Bertz CT molecular complexity index is 577. The topological polar surface area (TPSA) is 57.0 Å². The monoisotopic (exact) mass is 283 g/mol. The summed E-state index contributed by atoms with van der Waals surface area (Å²) < 4.78 is 7.03. The molecular formula is C10H10BrN3O2. The van der Waals surface area contributed by atoms with Gasteiger partial charge in [0.25, 0.3) is 0 Å². The fourth-order valence-corrected chi connectivity index (χ4v) is 2.35. The van der Waals surface area contributed by atoms with Gasteiger partial charge in [-0.3, -0.25) is 4.68 Å². The number of halogens is 1. The van der Waals surface area contributed by atoms with Crippen molar-refractivity contribution in [3.8, 4) is 0 Å². The van der Waals surface area contributed by atoms with Gasteiger partial charge in [-0.25, -0.2) is 9.78 Å². The second kappa shape index (κ2) is 3.86. The first kappa shape index (κ1) is 11.1. The van der Waals surface area contributed by atoms with E-state index in [0.717, 1.165) is 16.7 Å². The van der Waals surface area contributed by atoms with Gasteiger partial charge in [-0.1, -0.05) is 0 Å². The van der Waals surface area contributed by atoms with E-state index in [1.165, 1.54) is 13.3 Å². The Labute approximate surface area is 101 Å². The molecular weight excluding hydrogens is 274 g/mol. The van der Waals surface area contributed by atoms with Gasteiger partial charge in [0, 0.05) is 17.7 Å². The number of ether oxygens (including phenoxy) is 1. The standard InChI is InChI=1S/C10H10BrN3O2/c1-5-7-8(11)6(10(15)16-3)4-12-9(7)14(2)13-5/h4H,1-3H3. The molecule has 2 aromatic heterocycles. The molecule has 0 aromatic carbocycles. The number of methoxy groups -OCH3 is 1. The van der Waals surface area contributed by atoms with Crippen molar-refractivity contribution in [1.82, 2.24) is 14.8 Å². The summed E-state index contributed by atoms with van der Waals surface area (Å²) in [4.78, 5) is 15.7. The van der Waals surface area contributed by atoms with Gasteiger partial charge in [0.2, 0.25) is 0 Å². The van der Waals surface area contributed by atoms with Crippen LogP contribution in [0.1, 0.15) is 16.1 Å². The van der Waals surface area contributed by atoms with Gasteiger partial charge < -0.3 is 4.74 Å². The van der Waals surface area contributed by atoms with Crippen LogP contribution in [-0.2, 0) is 11.8 Å². The van der Waals surface area contributed by atoms with Crippen LogP contribution < -0.4 is 0 Å². The molecule has 0 saturated heterocycles. The van der Waals surface area contributed by atoms with Gasteiger partial charge >= 0.3 is 5.97 Å². The number of rotatable bonds is 1. The molecule has 0 radical (unpaired) electrons. The molecule has 0 N–H and O–H groups in total. The van der Waals surface area contributed by atoms with E-state index in [4.69, 9.17) is 0 Å². The third kappa shape index (κ3) is 1.49. The minimum absolute atomic E-state index is 0.408. The lowest BCUT2D eigenvalue weighted by Gasteiger charge is -2.03. The Morgan fingerprint density at radius 1 is 1.56 bits per heavy atom. The van der Waals surface area contributed by atoms with E-state index in [9.17, 15) is 4.79 Å². The maximum atomic E-state index is 11.5.